The van der Waals surface area contributed by atoms with E-state index in [1.54, 1.807) is 11.2 Å². The average Bonchev–Trinajstić information content (AvgIpc) is 2.53. The molecular weight excluding hydrogens is 286 g/mol. The summed E-state index contributed by atoms with van der Waals surface area (Å²) >= 11 is 5.86. The Bertz CT molecular complexity index is 695. The van der Waals surface area contributed by atoms with Crippen LogP contribution in [0.15, 0.2) is 58.8 Å². The number of benzene rings is 2. The predicted octanol–water partition coefficient (Wildman–Crippen LogP) is 3.50. The van der Waals surface area contributed by atoms with Gasteiger partial charge in [0.2, 0.25) is 0 Å². The monoisotopic (exact) mass is 299 g/mol. The van der Waals surface area contributed by atoms with Crippen molar-refractivity contribution in [2.24, 2.45) is 10.3 Å². The molecule has 2 aromatic carbocycles. The summed E-state index contributed by atoms with van der Waals surface area (Å²) in [6.45, 7) is 0.494. The van der Waals surface area contributed by atoms with E-state index >= 15 is 0 Å². The van der Waals surface area contributed by atoms with E-state index in [0.29, 0.717) is 17.5 Å². The van der Waals surface area contributed by atoms with Gasteiger partial charge in [-0.15, -0.1) is 0 Å². The molecule has 0 unspecified atom stereocenters. The van der Waals surface area contributed by atoms with Crippen molar-refractivity contribution in [2.45, 2.75) is 6.61 Å². The van der Waals surface area contributed by atoms with Crippen LogP contribution in [-0.4, -0.2) is 24.1 Å². The molecule has 106 valence electrons. The zero-order valence-electron chi connectivity index (χ0n) is 11.5. The molecule has 0 spiro atoms. The normalized spacial score (nSPS) is 13.5. The van der Waals surface area contributed by atoms with Crippen LogP contribution in [-0.2, 0) is 11.4 Å². The number of hydrazone groups is 1. The second-order valence-electron chi connectivity index (χ2n) is 4.67. The molecule has 4 nitrogen and oxygen atoms in total. The highest BCUT2D eigenvalue weighted by molar-refractivity contribution is 6.30. The van der Waals surface area contributed by atoms with Crippen LogP contribution < -0.4 is 0 Å². The van der Waals surface area contributed by atoms with Crippen LogP contribution in [0.3, 0.4) is 0 Å². The molecule has 0 saturated heterocycles. The van der Waals surface area contributed by atoms with Gasteiger partial charge in [0, 0.05) is 23.2 Å². The Kier molecular flexibility index (Phi) is 3.88. The molecule has 0 atom stereocenters. The second-order valence-corrected chi connectivity index (χ2v) is 5.10. The van der Waals surface area contributed by atoms with Crippen molar-refractivity contribution in [1.29, 1.82) is 0 Å². The molecular formula is C16H14ClN3O. The molecule has 21 heavy (non-hydrogen) atoms. The fourth-order valence-corrected chi connectivity index (χ4v) is 2.19. The van der Waals surface area contributed by atoms with Crippen LogP contribution >= 0.6 is 11.6 Å². The molecule has 1 heterocycles. The average molecular weight is 300 g/mol. The largest absolute Gasteiger partial charge is 0.389 e. The van der Waals surface area contributed by atoms with E-state index in [1.807, 2.05) is 55.6 Å². The first-order valence-corrected chi connectivity index (χ1v) is 6.93. The van der Waals surface area contributed by atoms with Crippen molar-refractivity contribution >= 4 is 23.7 Å². The van der Waals surface area contributed by atoms with Crippen LogP contribution in [0.2, 0.25) is 5.02 Å². The van der Waals surface area contributed by atoms with Gasteiger partial charge in [-0.3, -0.25) is 0 Å². The topological polar surface area (TPSA) is 37.2 Å². The molecule has 2 aromatic rings. The number of halogens is 1. The molecule has 0 aromatic heterocycles. The molecule has 0 fully saturated rings. The third-order valence-electron chi connectivity index (χ3n) is 3.19. The highest BCUT2D eigenvalue weighted by Crippen LogP contribution is 2.18. The number of amidine groups is 1. The summed E-state index contributed by atoms with van der Waals surface area (Å²) in [5, 5.41) is 10.9. The number of nitrogens with zero attached hydrogens (tertiary/aromatic N) is 3. The molecule has 0 aliphatic carbocycles. The molecule has 0 amide bonds. The Morgan fingerprint density at radius 1 is 1.19 bits per heavy atom. The van der Waals surface area contributed by atoms with Crippen molar-refractivity contribution in [3.05, 3.63) is 70.2 Å². The summed E-state index contributed by atoms with van der Waals surface area (Å²) in [4.78, 5) is 5.25. The number of hydrogen-bond donors (Lipinski definition) is 0. The van der Waals surface area contributed by atoms with Gasteiger partial charge in [-0.05, 0) is 17.7 Å². The zero-order chi connectivity index (χ0) is 14.7. The van der Waals surface area contributed by atoms with Crippen LogP contribution in [0, 0.1) is 0 Å². The number of rotatable bonds is 2. The number of hydrogen-bond acceptors (Lipinski definition) is 4. The maximum absolute atomic E-state index is 5.86. The van der Waals surface area contributed by atoms with Crippen molar-refractivity contribution < 1.29 is 4.84 Å². The summed E-state index contributed by atoms with van der Waals surface area (Å²) in [6.07, 6.45) is 1.76. The minimum absolute atomic E-state index is 0.494. The first kappa shape index (κ1) is 13.6. The third kappa shape index (κ3) is 3.06. The number of fused-ring (bicyclic) bond motifs is 1. The van der Waals surface area contributed by atoms with Gasteiger partial charge < -0.3 is 4.84 Å². The lowest BCUT2D eigenvalue weighted by Crippen LogP contribution is -2.26. The van der Waals surface area contributed by atoms with Gasteiger partial charge in [-0.2, -0.15) is 5.10 Å². The maximum atomic E-state index is 5.86. The SMILES string of the molecule is CN(N=Cc1ccc(Cl)cc1)C1=NOCc2ccccc21. The van der Waals surface area contributed by atoms with Crippen molar-refractivity contribution in [3.8, 4) is 0 Å². The van der Waals surface area contributed by atoms with Gasteiger partial charge in [-0.25, -0.2) is 5.01 Å². The highest BCUT2D eigenvalue weighted by atomic mass is 35.5. The fraction of sp³-hybridized carbons (Fsp3) is 0.125. The Hall–Kier alpha value is -2.33. The molecule has 0 N–H and O–H groups in total. The lowest BCUT2D eigenvalue weighted by atomic mass is 10.1. The van der Waals surface area contributed by atoms with E-state index in [0.717, 1.165) is 16.7 Å². The van der Waals surface area contributed by atoms with E-state index in [-0.39, 0.29) is 0 Å². The fourth-order valence-electron chi connectivity index (χ4n) is 2.07. The van der Waals surface area contributed by atoms with E-state index < -0.39 is 0 Å². The van der Waals surface area contributed by atoms with E-state index in [9.17, 15) is 0 Å². The quantitative estimate of drug-likeness (QED) is 0.629. The molecule has 3 rings (SSSR count). The predicted molar refractivity (Wildman–Crippen MR) is 84.6 cm³/mol. The third-order valence-corrected chi connectivity index (χ3v) is 3.44. The lowest BCUT2D eigenvalue weighted by Gasteiger charge is -2.21. The van der Waals surface area contributed by atoms with Crippen molar-refractivity contribution in [1.82, 2.24) is 5.01 Å². The molecule has 0 radical (unpaired) electrons. The van der Waals surface area contributed by atoms with Gasteiger partial charge in [0.25, 0.3) is 0 Å². The number of oxime groups is 1. The minimum atomic E-state index is 0.494. The van der Waals surface area contributed by atoms with Crippen LogP contribution in [0.4, 0.5) is 0 Å². The summed E-state index contributed by atoms with van der Waals surface area (Å²) in [5.41, 5.74) is 3.12. The Morgan fingerprint density at radius 3 is 2.76 bits per heavy atom. The van der Waals surface area contributed by atoms with Gasteiger partial charge in [0.1, 0.15) is 6.61 Å². The summed E-state index contributed by atoms with van der Waals surface area (Å²) in [7, 11) is 1.84. The van der Waals surface area contributed by atoms with E-state index in [2.05, 4.69) is 10.3 Å². The van der Waals surface area contributed by atoms with Crippen molar-refractivity contribution in [2.75, 3.05) is 7.05 Å². The molecule has 1 aliphatic rings. The zero-order valence-corrected chi connectivity index (χ0v) is 12.3. The van der Waals surface area contributed by atoms with E-state index in [4.69, 9.17) is 16.4 Å². The van der Waals surface area contributed by atoms with Gasteiger partial charge in [0.15, 0.2) is 5.84 Å². The van der Waals surface area contributed by atoms with Crippen LogP contribution in [0.5, 0.6) is 0 Å². The first-order valence-electron chi connectivity index (χ1n) is 6.55. The molecule has 5 heteroatoms. The summed E-state index contributed by atoms with van der Waals surface area (Å²) < 4.78 is 0. The lowest BCUT2D eigenvalue weighted by molar-refractivity contribution is 0.121. The summed E-state index contributed by atoms with van der Waals surface area (Å²) in [5.74, 6) is 0.696. The molecule has 0 bridgehead atoms. The van der Waals surface area contributed by atoms with Crippen LogP contribution in [0.25, 0.3) is 0 Å². The van der Waals surface area contributed by atoms with Gasteiger partial charge >= 0.3 is 0 Å². The van der Waals surface area contributed by atoms with Gasteiger partial charge in [-0.1, -0.05) is 53.2 Å². The highest BCUT2D eigenvalue weighted by Gasteiger charge is 2.17. The van der Waals surface area contributed by atoms with E-state index in [1.165, 1.54) is 0 Å². The summed E-state index contributed by atoms with van der Waals surface area (Å²) in [6, 6.07) is 15.5. The smallest absolute Gasteiger partial charge is 0.195 e. The Morgan fingerprint density at radius 2 is 1.95 bits per heavy atom. The van der Waals surface area contributed by atoms with Crippen molar-refractivity contribution in [3.63, 3.8) is 0 Å². The first-order chi connectivity index (χ1) is 10.2. The maximum Gasteiger partial charge on any atom is 0.195 e. The molecule has 0 saturated carbocycles. The second kappa shape index (κ2) is 5.97. The Balaban J connectivity index is 1.81. The van der Waals surface area contributed by atoms with Crippen LogP contribution in [0.1, 0.15) is 16.7 Å². The van der Waals surface area contributed by atoms with Gasteiger partial charge in [0.05, 0.1) is 6.21 Å². The minimum Gasteiger partial charge on any atom is -0.389 e. The molecule has 1 aliphatic heterocycles. The standard InChI is InChI=1S/C16H14ClN3O/c1-20(18-10-12-6-8-14(17)9-7-12)16-15-5-3-2-4-13(15)11-21-19-16/h2-10H,11H2,1H3. The Labute approximate surface area is 128 Å².